The van der Waals surface area contributed by atoms with Gasteiger partial charge in [0.25, 0.3) is 0 Å². The zero-order valence-corrected chi connectivity index (χ0v) is 10.8. The first-order valence-electron chi connectivity index (χ1n) is 6.25. The molecule has 1 heterocycles. The molecule has 0 unspecified atom stereocenters. The highest BCUT2D eigenvalue weighted by Crippen LogP contribution is 2.08. The molecule has 98 valence electrons. The molecule has 0 radical (unpaired) electrons. The predicted octanol–water partition coefficient (Wildman–Crippen LogP) is 2.37. The van der Waals surface area contributed by atoms with E-state index < -0.39 is 0 Å². The average Bonchev–Trinajstić information content (AvgIpc) is 2.47. The molecule has 4 nitrogen and oxygen atoms in total. The van der Waals surface area contributed by atoms with Gasteiger partial charge in [0.15, 0.2) is 0 Å². The number of benzene rings is 1. The summed E-state index contributed by atoms with van der Waals surface area (Å²) in [6.45, 7) is 2.24. The van der Waals surface area contributed by atoms with Crippen molar-refractivity contribution in [2.75, 3.05) is 11.9 Å². The maximum absolute atomic E-state index is 11.8. The minimum absolute atomic E-state index is 0.0442. The Kier molecular flexibility index (Phi) is 4.64. The smallest absolute Gasteiger partial charge is 0.238 e. The maximum atomic E-state index is 11.8. The number of aromatic nitrogens is 1. The third kappa shape index (κ3) is 4.19. The summed E-state index contributed by atoms with van der Waals surface area (Å²) in [4.78, 5) is 16.0. The van der Waals surface area contributed by atoms with E-state index in [0.29, 0.717) is 0 Å². The highest BCUT2D eigenvalue weighted by Gasteiger charge is 2.08. The number of rotatable bonds is 5. The lowest BCUT2D eigenvalue weighted by Gasteiger charge is -2.13. The van der Waals surface area contributed by atoms with Crippen LogP contribution in [0, 0.1) is 0 Å². The van der Waals surface area contributed by atoms with Crippen LogP contribution in [0.3, 0.4) is 0 Å². The monoisotopic (exact) mass is 255 g/mol. The standard InChI is InChI=1S/C15H17N3O/c1-12(14-9-5-6-10-16-14)17-11-15(19)18-13-7-3-2-4-8-13/h2-10,12,17H,11H2,1H3,(H,18,19)/t12-/m1/s1. The summed E-state index contributed by atoms with van der Waals surface area (Å²) in [7, 11) is 0. The van der Waals surface area contributed by atoms with Crippen molar-refractivity contribution in [3.8, 4) is 0 Å². The molecule has 4 heteroatoms. The number of pyridine rings is 1. The van der Waals surface area contributed by atoms with E-state index in [1.54, 1.807) is 6.20 Å². The van der Waals surface area contributed by atoms with Gasteiger partial charge < -0.3 is 10.6 Å². The molecule has 1 aromatic heterocycles. The molecule has 0 spiro atoms. The summed E-state index contributed by atoms with van der Waals surface area (Å²) in [5.41, 5.74) is 1.73. The molecule has 2 N–H and O–H groups in total. The predicted molar refractivity (Wildman–Crippen MR) is 75.7 cm³/mol. The fourth-order valence-electron chi connectivity index (χ4n) is 1.71. The molecule has 1 aromatic carbocycles. The first kappa shape index (κ1) is 13.2. The second-order valence-electron chi connectivity index (χ2n) is 4.27. The van der Waals surface area contributed by atoms with Crippen molar-refractivity contribution < 1.29 is 4.79 Å². The number of nitrogens with zero attached hydrogens (tertiary/aromatic N) is 1. The van der Waals surface area contributed by atoms with Gasteiger partial charge in [0.2, 0.25) is 5.91 Å². The molecule has 19 heavy (non-hydrogen) atoms. The summed E-state index contributed by atoms with van der Waals surface area (Å²) < 4.78 is 0. The third-order valence-corrected chi connectivity index (χ3v) is 2.76. The normalized spacial score (nSPS) is 11.8. The van der Waals surface area contributed by atoms with Gasteiger partial charge in [-0.25, -0.2) is 0 Å². The van der Waals surface area contributed by atoms with Crippen LogP contribution < -0.4 is 10.6 Å². The van der Waals surface area contributed by atoms with Gasteiger partial charge in [-0.15, -0.1) is 0 Å². The van der Waals surface area contributed by atoms with Gasteiger partial charge in [-0.2, -0.15) is 0 Å². The number of anilines is 1. The topological polar surface area (TPSA) is 54.0 Å². The average molecular weight is 255 g/mol. The molecule has 0 saturated heterocycles. The Hall–Kier alpha value is -2.20. The number of amides is 1. The Morgan fingerprint density at radius 3 is 2.58 bits per heavy atom. The molecule has 0 aliphatic rings. The lowest BCUT2D eigenvalue weighted by Crippen LogP contribution is -2.30. The van der Waals surface area contributed by atoms with Crippen LogP contribution in [0.25, 0.3) is 0 Å². The van der Waals surface area contributed by atoms with Crippen LogP contribution in [0.4, 0.5) is 5.69 Å². The minimum Gasteiger partial charge on any atom is -0.325 e. The van der Waals surface area contributed by atoms with Gasteiger partial charge >= 0.3 is 0 Å². The van der Waals surface area contributed by atoms with E-state index in [1.165, 1.54) is 0 Å². The van der Waals surface area contributed by atoms with Gasteiger partial charge in [-0.1, -0.05) is 24.3 Å². The number of carbonyl (C=O) groups is 1. The number of para-hydroxylation sites is 1. The van der Waals surface area contributed by atoms with E-state index in [-0.39, 0.29) is 18.5 Å². The molecule has 2 aromatic rings. The fraction of sp³-hybridized carbons (Fsp3) is 0.200. The van der Waals surface area contributed by atoms with Crippen LogP contribution >= 0.6 is 0 Å². The molecule has 1 atom stereocenters. The van der Waals surface area contributed by atoms with Crippen LogP contribution in [-0.2, 0) is 4.79 Å². The lowest BCUT2D eigenvalue weighted by molar-refractivity contribution is -0.115. The Morgan fingerprint density at radius 1 is 1.16 bits per heavy atom. The molecular formula is C15H17N3O. The van der Waals surface area contributed by atoms with Crippen molar-refractivity contribution in [3.05, 3.63) is 60.4 Å². The molecule has 2 rings (SSSR count). The van der Waals surface area contributed by atoms with E-state index >= 15 is 0 Å². The summed E-state index contributed by atoms with van der Waals surface area (Å²) in [6, 6.07) is 15.2. The fourth-order valence-corrected chi connectivity index (χ4v) is 1.71. The van der Waals surface area contributed by atoms with E-state index in [9.17, 15) is 4.79 Å². The highest BCUT2D eigenvalue weighted by atomic mass is 16.1. The molecule has 0 aliphatic carbocycles. The van der Waals surface area contributed by atoms with E-state index in [2.05, 4.69) is 15.6 Å². The molecule has 0 fully saturated rings. The van der Waals surface area contributed by atoms with Crippen molar-refractivity contribution in [2.45, 2.75) is 13.0 Å². The van der Waals surface area contributed by atoms with Crippen molar-refractivity contribution in [1.82, 2.24) is 10.3 Å². The molecule has 0 aliphatic heterocycles. The van der Waals surface area contributed by atoms with Crippen LogP contribution in [0.1, 0.15) is 18.7 Å². The summed E-state index contributed by atoms with van der Waals surface area (Å²) >= 11 is 0. The number of carbonyl (C=O) groups excluding carboxylic acids is 1. The molecule has 0 saturated carbocycles. The van der Waals surface area contributed by atoms with Crippen molar-refractivity contribution in [2.24, 2.45) is 0 Å². The second-order valence-corrected chi connectivity index (χ2v) is 4.27. The first-order chi connectivity index (χ1) is 9.25. The Balaban J connectivity index is 1.81. The summed E-state index contributed by atoms with van der Waals surface area (Å²) in [6.07, 6.45) is 1.75. The highest BCUT2D eigenvalue weighted by molar-refractivity contribution is 5.92. The van der Waals surface area contributed by atoms with Crippen molar-refractivity contribution >= 4 is 11.6 Å². The van der Waals surface area contributed by atoms with Gasteiger partial charge in [0.1, 0.15) is 0 Å². The van der Waals surface area contributed by atoms with Crippen LogP contribution in [0.2, 0.25) is 0 Å². The third-order valence-electron chi connectivity index (χ3n) is 2.76. The van der Waals surface area contributed by atoms with Gasteiger partial charge in [0, 0.05) is 17.9 Å². The minimum atomic E-state index is -0.0611. The Morgan fingerprint density at radius 2 is 1.89 bits per heavy atom. The van der Waals surface area contributed by atoms with E-state index in [0.717, 1.165) is 11.4 Å². The van der Waals surface area contributed by atoms with Crippen LogP contribution in [-0.4, -0.2) is 17.4 Å². The number of hydrogen-bond acceptors (Lipinski definition) is 3. The van der Waals surface area contributed by atoms with Gasteiger partial charge in [0.05, 0.1) is 12.2 Å². The summed E-state index contributed by atoms with van der Waals surface area (Å²) in [5, 5.41) is 5.97. The second kappa shape index (κ2) is 6.66. The van der Waals surface area contributed by atoms with Gasteiger partial charge in [-0.05, 0) is 31.2 Å². The zero-order chi connectivity index (χ0) is 13.5. The van der Waals surface area contributed by atoms with E-state index in [1.807, 2.05) is 55.5 Å². The SMILES string of the molecule is C[C@@H](NCC(=O)Nc1ccccc1)c1ccccn1. The summed E-state index contributed by atoms with van der Waals surface area (Å²) in [5.74, 6) is -0.0611. The molecular weight excluding hydrogens is 238 g/mol. The maximum Gasteiger partial charge on any atom is 0.238 e. The van der Waals surface area contributed by atoms with Crippen molar-refractivity contribution in [3.63, 3.8) is 0 Å². The van der Waals surface area contributed by atoms with Gasteiger partial charge in [-0.3, -0.25) is 9.78 Å². The van der Waals surface area contributed by atoms with Crippen LogP contribution in [0.5, 0.6) is 0 Å². The lowest BCUT2D eigenvalue weighted by atomic mass is 10.2. The number of nitrogens with one attached hydrogen (secondary N) is 2. The molecule has 1 amide bonds. The largest absolute Gasteiger partial charge is 0.325 e. The first-order valence-corrected chi connectivity index (χ1v) is 6.25. The Labute approximate surface area is 112 Å². The van der Waals surface area contributed by atoms with Crippen LogP contribution in [0.15, 0.2) is 54.7 Å². The van der Waals surface area contributed by atoms with E-state index in [4.69, 9.17) is 0 Å². The molecule has 0 bridgehead atoms. The zero-order valence-electron chi connectivity index (χ0n) is 10.8. The number of hydrogen-bond donors (Lipinski definition) is 2. The van der Waals surface area contributed by atoms with Crippen molar-refractivity contribution in [1.29, 1.82) is 0 Å². The Bertz CT molecular complexity index is 513. The quantitative estimate of drug-likeness (QED) is 0.862.